The molecular formula is C33H21N3O. The van der Waals surface area contributed by atoms with Crippen molar-refractivity contribution in [2.45, 2.75) is 0 Å². The van der Waals surface area contributed by atoms with E-state index < -0.39 is 18.1 Å². The van der Waals surface area contributed by atoms with Gasteiger partial charge in [0.05, 0.1) is 6.85 Å². The van der Waals surface area contributed by atoms with Gasteiger partial charge in [-0.1, -0.05) is 109 Å². The maximum atomic E-state index is 8.50. The average Bonchev–Trinajstić information content (AvgIpc) is 3.42. The van der Waals surface area contributed by atoms with Crippen molar-refractivity contribution in [1.82, 2.24) is 15.0 Å². The van der Waals surface area contributed by atoms with Crippen LogP contribution >= 0.6 is 0 Å². The fraction of sp³-hybridized carbons (Fsp3) is 0. The molecule has 0 amide bonds. The summed E-state index contributed by atoms with van der Waals surface area (Å²) < 4.78 is 47.6. The van der Waals surface area contributed by atoms with Crippen molar-refractivity contribution in [2.75, 3.05) is 0 Å². The van der Waals surface area contributed by atoms with Gasteiger partial charge in [-0.25, -0.2) is 15.0 Å². The SMILES string of the molecule is [2H]c1c([2H])c([2H])c(-c2nc(-c3ccccc3)nc(-c3ccc4c(c3)oc3cccc(-c5ccccc5)c34)n2)c([2H])c1[2H]. The molecule has 2 aromatic heterocycles. The zero-order valence-electron chi connectivity index (χ0n) is 24.5. The number of benzene rings is 5. The van der Waals surface area contributed by atoms with E-state index >= 15 is 0 Å². The van der Waals surface area contributed by atoms with Gasteiger partial charge in [0.1, 0.15) is 11.2 Å². The summed E-state index contributed by atoms with van der Waals surface area (Å²) in [5.41, 5.74) is 4.81. The highest BCUT2D eigenvalue weighted by molar-refractivity contribution is 6.12. The van der Waals surface area contributed by atoms with Gasteiger partial charge in [-0.2, -0.15) is 0 Å². The lowest BCUT2D eigenvalue weighted by Gasteiger charge is -2.08. The molecule has 0 bridgehead atoms. The molecule has 0 aliphatic heterocycles. The van der Waals surface area contributed by atoms with E-state index in [1.807, 2.05) is 78.9 Å². The van der Waals surface area contributed by atoms with Gasteiger partial charge in [0.25, 0.3) is 0 Å². The van der Waals surface area contributed by atoms with Crippen molar-refractivity contribution in [3.05, 3.63) is 127 Å². The van der Waals surface area contributed by atoms with Gasteiger partial charge in [-0.05, 0) is 29.3 Å². The summed E-state index contributed by atoms with van der Waals surface area (Å²) in [7, 11) is 0. The zero-order valence-corrected chi connectivity index (χ0v) is 19.5. The van der Waals surface area contributed by atoms with Crippen LogP contribution in [0.4, 0.5) is 0 Å². The van der Waals surface area contributed by atoms with E-state index in [4.69, 9.17) is 16.3 Å². The summed E-state index contributed by atoms with van der Waals surface area (Å²) in [5, 5.41) is 1.95. The van der Waals surface area contributed by atoms with Crippen molar-refractivity contribution in [3.63, 3.8) is 0 Å². The molecule has 5 aromatic carbocycles. The fourth-order valence-electron chi connectivity index (χ4n) is 4.52. The molecule has 174 valence electrons. The standard InChI is InChI=1S/C33H21N3O/c1-4-11-22(12-5-1)26-17-10-18-28-30(26)27-20-19-25(21-29(27)37-28)33-35-31(23-13-6-2-7-14-23)34-32(36-33)24-15-8-3-9-16-24/h1-21H/i2D,6D,7D,13D,14D. The van der Waals surface area contributed by atoms with Crippen molar-refractivity contribution in [2.24, 2.45) is 0 Å². The van der Waals surface area contributed by atoms with E-state index in [0.29, 0.717) is 22.5 Å². The van der Waals surface area contributed by atoms with Crippen LogP contribution in [0.2, 0.25) is 0 Å². The molecule has 0 atom stereocenters. The van der Waals surface area contributed by atoms with E-state index in [2.05, 4.69) is 28.2 Å². The first-order chi connectivity index (χ1) is 20.4. The van der Waals surface area contributed by atoms with Crippen LogP contribution in [-0.4, -0.2) is 15.0 Å². The van der Waals surface area contributed by atoms with Crippen LogP contribution in [0.5, 0.6) is 0 Å². The first kappa shape index (κ1) is 16.6. The third kappa shape index (κ3) is 3.85. The molecule has 0 radical (unpaired) electrons. The molecular weight excluding hydrogens is 454 g/mol. The molecule has 0 unspecified atom stereocenters. The molecule has 0 saturated heterocycles. The Morgan fingerprint density at radius 2 is 1.16 bits per heavy atom. The van der Waals surface area contributed by atoms with Crippen LogP contribution in [-0.2, 0) is 0 Å². The highest BCUT2D eigenvalue weighted by atomic mass is 16.3. The summed E-state index contributed by atoms with van der Waals surface area (Å²) in [5.74, 6) is 0.599. The average molecular weight is 481 g/mol. The summed E-state index contributed by atoms with van der Waals surface area (Å²) in [4.78, 5) is 13.9. The Bertz CT molecular complexity index is 2120. The Balaban J connectivity index is 1.45. The Labute approximate surface area is 221 Å². The third-order valence-electron chi connectivity index (χ3n) is 6.23. The van der Waals surface area contributed by atoms with Gasteiger partial charge >= 0.3 is 0 Å². The number of hydrogen-bond acceptors (Lipinski definition) is 4. The number of aromatic nitrogens is 3. The Morgan fingerprint density at radius 3 is 1.89 bits per heavy atom. The smallest absolute Gasteiger partial charge is 0.164 e. The van der Waals surface area contributed by atoms with Crippen LogP contribution in [0.25, 0.3) is 67.2 Å². The minimum absolute atomic E-state index is 0.00748. The number of furan rings is 1. The number of nitrogens with zero attached hydrogens (tertiary/aromatic N) is 3. The summed E-state index contributed by atoms with van der Waals surface area (Å²) >= 11 is 0. The quantitative estimate of drug-likeness (QED) is 0.254. The second kappa shape index (κ2) is 8.85. The third-order valence-corrected chi connectivity index (χ3v) is 6.23. The van der Waals surface area contributed by atoms with E-state index in [1.165, 1.54) is 0 Å². The first-order valence-electron chi connectivity index (χ1n) is 14.3. The molecule has 0 saturated carbocycles. The predicted octanol–water partition coefficient (Wildman–Crippen LogP) is 8.44. The molecule has 0 spiro atoms. The van der Waals surface area contributed by atoms with Gasteiger partial charge < -0.3 is 4.42 Å². The summed E-state index contributed by atoms with van der Waals surface area (Å²) in [6.45, 7) is 0. The lowest BCUT2D eigenvalue weighted by Crippen LogP contribution is -2.00. The number of rotatable bonds is 4. The minimum atomic E-state index is -0.475. The van der Waals surface area contributed by atoms with Gasteiger partial charge in [-0.15, -0.1) is 0 Å². The van der Waals surface area contributed by atoms with Crippen molar-refractivity contribution in [1.29, 1.82) is 0 Å². The summed E-state index contributed by atoms with van der Waals surface area (Å²) in [6, 6.07) is 29.0. The molecule has 7 aromatic rings. The van der Waals surface area contributed by atoms with E-state index in [0.717, 1.165) is 27.5 Å². The molecule has 7 rings (SSSR count). The maximum absolute atomic E-state index is 8.50. The van der Waals surface area contributed by atoms with Crippen LogP contribution in [0, 0.1) is 0 Å². The maximum Gasteiger partial charge on any atom is 0.164 e. The predicted molar refractivity (Wildman–Crippen MR) is 149 cm³/mol. The van der Waals surface area contributed by atoms with Crippen LogP contribution in [0.3, 0.4) is 0 Å². The van der Waals surface area contributed by atoms with Gasteiger partial charge in [-0.3, -0.25) is 0 Å². The Kier molecular flexibility index (Phi) is 3.96. The monoisotopic (exact) mass is 480 g/mol. The number of hydrogen-bond donors (Lipinski definition) is 0. The van der Waals surface area contributed by atoms with Crippen molar-refractivity contribution >= 4 is 21.9 Å². The first-order valence-corrected chi connectivity index (χ1v) is 11.8. The van der Waals surface area contributed by atoms with E-state index in [-0.39, 0.29) is 29.3 Å². The molecule has 0 fully saturated rings. The van der Waals surface area contributed by atoms with Crippen LogP contribution in [0.15, 0.2) is 132 Å². The minimum Gasteiger partial charge on any atom is -0.456 e. The van der Waals surface area contributed by atoms with Crippen molar-refractivity contribution in [3.8, 4) is 45.3 Å². The van der Waals surface area contributed by atoms with Gasteiger partial charge in [0.2, 0.25) is 0 Å². The molecule has 0 aliphatic rings. The van der Waals surface area contributed by atoms with Crippen LogP contribution < -0.4 is 0 Å². The van der Waals surface area contributed by atoms with Gasteiger partial charge in [0.15, 0.2) is 17.5 Å². The topological polar surface area (TPSA) is 51.8 Å². The van der Waals surface area contributed by atoms with E-state index in [1.54, 1.807) is 0 Å². The van der Waals surface area contributed by atoms with Crippen molar-refractivity contribution < 1.29 is 11.3 Å². The molecule has 0 aliphatic carbocycles. The number of fused-ring (bicyclic) bond motifs is 3. The van der Waals surface area contributed by atoms with Crippen LogP contribution in [0.1, 0.15) is 6.85 Å². The second-order valence-corrected chi connectivity index (χ2v) is 8.53. The zero-order chi connectivity index (χ0) is 29.0. The molecule has 4 nitrogen and oxygen atoms in total. The molecule has 37 heavy (non-hydrogen) atoms. The molecule has 0 N–H and O–H groups in total. The summed E-state index contributed by atoms with van der Waals surface area (Å²) in [6.07, 6.45) is 0. The lowest BCUT2D eigenvalue weighted by molar-refractivity contribution is 0.669. The largest absolute Gasteiger partial charge is 0.456 e. The lowest BCUT2D eigenvalue weighted by atomic mass is 9.99. The highest BCUT2D eigenvalue weighted by Gasteiger charge is 2.16. The highest BCUT2D eigenvalue weighted by Crippen LogP contribution is 2.38. The Morgan fingerprint density at radius 1 is 0.514 bits per heavy atom. The molecule has 4 heteroatoms. The fourth-order valence-corrected chi connectivity index (χ4v) is 4.52. The molecule has 2 heterocycles. The second-order valence-electron chi connectivity index (χ2n) is 8.53. The van der Waals surface area contributed by atoms with E-state index in [9.17, 15) is 0 Å². The Hall–Kier alpha value is -5.09. The van der Waals surface area contributed by atoms with Gasteiger partial charge in [0, 0.05) is 27.5 Å². The normalized spacial score (nSPS) is 13.1.